The van der Waals surface area contributed by atoms with Gasteiger partial charge in [0.1, 0.15) is 5.82 Å². The van der Waals surface area contributed by atoms with Crippen LogP contribution in [0, 0.1) is 18.5 Å². The minimum Gasteiger partial charge on any atom is -0.510 e. The Labute approximate surface area is 378 Å². The molecule has 0 unspecified atom stereocenters. The summed E-state index contributed by atoms with van der Waals surface area (Å²) in [6, 6.07) is 64.7. The number of rotatable bonds is 7. The van der Waals surface area contributed by atoms with E-state index in [-0.39, 0.29) is 31.9 Å². The van der Waals surface area contributed by atoms with Crippen molar-refractivity contribution in [2.24, 2.45) is 0 Å². The maximum atomic E-state index is 6.65. The van der Waals surface area contributed by atoms with Crippen LogP contribution in [0.4, 0.5) is 0 Å². The Morgan fingerprint density at radius 3 is 1.97 bits per heavy atom. The summed E-state index contributed by atoms with van der Waals surface area (Å²) >= 11 is 0. The molecule has 308 valence electrons. The number of benzene rings is 7. The summed E-state index contributed by atoms with van der Waals surface area (Å²) in [4.78, 5) is 4.91. The van der Waals surface area contributed by atoms with Crippen LogP contribution in [0.15, 0.2) is 170 Å². The van der Waals surface area contributed by atoms with Crippen molar-refractivity contribution in [3.8, 4) is 50.9 Å². The third kappa shape index (κ3) is 7.67. The minimum absolute atomic E-state index is 0. The molecule has 10 rings (SSSR count). The molecule has 3 heterocycles. The largest absolute Gasteiger partial charge is 0.510 e. The molecule has 0 atom stereocenters. The van der Waals surface area contributed by atoms with Crippen LogP contribution in [-0.2, 0) is 31.9 Å². The van der Waals surface area contributed by atoms with Gasteiger partial charge in [-0.3, -0.25) is 4.57 Å². The SMILES string of the molecule is CC(C)(C)c1cc(-c2ccccc2)cc(-[n+]2[c-]n(-c3[c-]c(Oc4[c-]c5c(cc4)c4cc(-c6ccccc6)ccc4n5-c4cc(C(C)(C)C)ccn4)ccc3)c3ccccc32)c1.[Pt]. The van der Waals surface area contributed by atoms with Gasteiger partial charge in [-0.05, 0) is 85.6 Å². The van der Waals surface area contributed by atoms with Crippen LogP contribution in [0.5, 0.6) is 11.5 Å². The van der Waals surface area contributed by atoms with Gasteiger partial charge in [0.05, 0.1) is 16.7 Å². The molecule has 0 aliphatic heterocycles. The summed E-state index contributed by atoms with van der Waals surface area (Å²) < 4.78 is 13.1. The molecule has 0 bridgehead atoms. The maximum absolute atomic E-state index is 6.65. The summed E-state index contributed by atoms with van der Waals surface area (Å²) in [5.74, 6) is 2.01. The van der Waals surface area contributed by atoms with Gasteiger partial charge < -0.3 is 13.9 Å². The van der Waals surface area contributed by atoms with Crippen molar-refractivity contribution < 1.29 is 30.4 Å². The molecule has 5 nitrogen and oxygen atoms in total. The van der Waals surface area contributed by atoms with Crippen molar-refractivity contribution in [1.82, 2.24) is 14.1 Å². The van der Waals surface area contributed by atoms with E-state index < -0.39 is 0 Å². The molecule has 3 aromatic heterocycles. The van der Waals surface area contributed by atoms with Crippen molar-refractivity contribution in [1.29, 1.82) is 0 Å². The van der Waals surface area contributed by atoms with Gasteiger partial charge in [0.15, 0.2) is 0 Å². The fraction of sp³-hybridized carbons (Fsp3) is 0.143. The van der Waals surface area contributed by atoms with Crippen LogP contribution in [0.25, 0.3) is 72.3 Å². The van der Waals surface area contributed by atoms with E-state index in [2.05, 4.69) is 213 Å². The molecule has 6 heteroatoms. The van der Waals surface area contributed by atoms with Crippen LogP contribution < -0.4 is 9.30 Å². The summed E-state index contributed by atoms with van der Waals surface area (Å²) in [6.45, 7) is 13.5. The second-order valence-electron chi connectivity index (χ2n) is 17.8. The van der Waals surface area contributed by atoms with Crippen LogP contribution in [0.2, 0.25) is 0 Å². The number of ether oxygens (including phenoxy) is 1. The van der Waals surface area contributed by atoms with Gasteiger partial charge in [-0.25, -0.2) is 4.98 Å². The number of para-hydroxylation sites is 2. The number of fused-ring (bicyclic) bond motifs is 4. The van der Waals surface area contributed by atoms with Gasteiger partial charge in [0.2, 0.25) is 0 Å². The fourth-order valence-corrected chi connectivity index (χ4v) is 8.19. The topological polar surface area (TPSA) is 35.9 Å². The monoisotopic (exact) mass is 985 g/mol. The maximum Gasteiger partial charge on any atom is 0.268 e. The van der Waals surface area contributed by atoms with E-state index in [1.54, 1.807) is 0 Å². The first-order chi connectivity index (χ1) is 29.5. The predicted molar refractivity (Wildman–Crippen MR) is 248 cm³/mol. The summed E-state index contributed by atoms with van der Waals surface area (Å²) in [5, 5.41) is 2.20. The zero-order valence-electron chi connectivity index (χ0n) is 35.7. The molecular formula is C56H46N4OPt-2. The second-order valence-corrected chi connectivity index (χ2v) is 17.8. The van der Waals surface area contributed by atoms with Crippen LogP contribution in [-0.4, -0.2) is 14.1 Å². The molecule has 0 saturated carbocycles. The van der Waals surface area contributed by atoms with Gasteiger partial charge >= 0.3 is 0 Å². The Morgan fingerprint density at radius 2 is 1.23 bits per heavy atom. The molecule has 0 amide bonds. The standard InChI is InChI=1S/C56H46N4O.Pt/c1-55(2,3)42-28-29-57-54(34-42)60-50-27-24-40(38-16-9-7-10-17-38)32-49(50)48-26-25-47(36-53(48)60)61-46-21-15-20-44(35-46)58-37-59(52-23-14-13-22-51(52)58)45-31-41(39-18-11-8-12-19-39)30-43(33-45)56(4,5)6;/h7-34H,1-6H3;/q-2;. The second kappa shape index (κ2) is 16.0. The van der Waals surface area contributed by atoms with Gasteiger partial charge in [-0.15, -0.1) is 29.7 Å². The molecule has 0 radical (unpaired) electrons. The first-order valence-electron chi connectivity index (χ1n) is 20.9. The smallest absolute Gasteiger partial charge is 0.268 e. The predicted octanol–water partition coefficient (Wildman–Crippen LogP) is 13.5. The molecule has 62 heavy (non-hydrogen) atoms. The van der Waals surface area contributed by atoms with E-state index in [1.165, 1.54) is 27.8 Å². The summed E-state index contributed by atoms with van der Waals surface area (Å²) in [5.41, 5.74) is 12.9. The molecule has 0 fully saturated rings. The Kier molecular flexibility index (Phi) is 10.6. The van der Waals surface area contributed by atoms with E-state index in [0.29, 0.717) is 11.5 Å². The van der Waals surface area contributed by atoms with Gasteiger partial charge in [0, 0.05) is 44.3 Å². The third-order valence-corrected chi connectivity index (χ3v) is 11.5. The molecule has 0 aliphatic carbocycles. The van der Waals surface area contributed by atoms with E-state index in [1.807, 2.05) is 30.5 Å². The van der Waals surface area contributed by atoms with E-state index >= 15 is 0 Å². The third-order valence-electron chi connectivity index (χ3n) is 11.5. The van der Waals surface area contributed by atoms with Crippen molar-refractivity contribution >= 4 is 32.8 Å². The molecule has 0 N–H and O–H groups in total. The van der Waals surface area contributed by atoms with Gasteiger partial charge in [-0.2, -0.15) is 18.2 Å². The van der Waals surface area contributed by atoms with Crippen molar-refractivity contribution in [3.05, 3.63) is 200 Å². The van der Waals surface area contributed by atoms with E-state index in [0.717, 1.165) is 55.6 Å². The van der Waals surface area contributed by atoms with E-state index in [4.69, 9.17) is 9.72 Å². The number of hydrogen-bond acceptors (Lipinski definition) is 2. The fourth-order valence-electron chi connectivity index (χ4n) is 8.19. The Morgan fingerprint density at radius 1 is 0.532 bits per heavy atom. The van der Waals surface area contributed by atoms with Crippen LogP contribution in [0.1, 0.15) is 52.7 Å². The average molecular weight is 986 g/mol. The normalized spacial score (nSPS) is 11.9. The van der Waals surface area contributed by atoms with Crippen LogP contribution >= 0.6 is 0 Å². The van der Waals surface area contributed by atoms with E-state index in [9.17, 15) is 0 Å². The van der Waals surface area contributed by atoms with Crippen LogP contribution in [0.3, 0.4) is 0 Å². The molecule has 0 spiro atoms. The molecule has 7 aromatic carbocycles. The molecule has 10 aromatic rings. The number of nitrogens with zero attached hydrogens (tertiary/aromatic N) is 4. The number of aromatic nitrogens is 4. The Hall–Kier alpha value is -6.55. The van der Waals surface area contributed by atoms with Crippen molar-refractivity contribution in [2.45, 2.75) is 52.4 Å². The first kappa shape index (κ1) is 40.8. The number of hydrogen-bond donors (Lipinski definition) is 0. The van der Waals surface area contributed by atoms with Gasteiger partial charge in [-0.1, -0.05) is 150 Å². The quantitative estimate of drug-likeness (QED) is 0.118. The average Bonchev–Trinajstić information content (AvgIpc) is 3.82. The number of imidazole rings is 1. The minimum atomic E-state index is -0.0512. The zero-order valence-corrected chi connectivity index (χ0v) is 38.0. The summed E-state index contributed by atoms with van der Waals surface area (Å²) in [7, 11) is 0. The Balaban J connectivity index is 0.00000490. The van der Waals surface area contributed by atoms with Crippen molar-refractivity contribution in [2.75, 3.05) is 0 Å². The van der Waals surface area contributed by atoms with Crippen molar-refractivity contribution in [3.63, 3.8) is 0 Å². The molecule has 0 aliphatic rings. The summed E-state index contributed by atoms with van der Waals surface area (Å²) in [6.07, 6.45) is 5.60. The molecule has 0 saturated heterocycles. The van der Waals surface area contributed by atoms with Gasteiger partial charge in [0.25, 0.3) is 6.33 Å². The first-order valence-corrected chi connectivity index (χ1v) is 20.9. The molecular weight excluding hydrogens is 940 g/mol. The zero-order chi connectivity index (χ0) is 41.9. The number of pyridine rings is 1. The Bertz CT molecular complexity index is 3240.